The molecule has 0 saturated carbocycles. The van der Waals surface area contributed by atoms with Crippen molar-refractivity contribution >= 4 is 35.7 Å². The van der Waals surface area contributed by atoms with Crippen LogP contribution in [0.25, 0.3) is 11.4 Å². The first-order valence-electron chi connectivity index (χ1n) is 6.04. The Hall–Kier alpha value is -0.990. The van der Waals surface area contributed by atoms with E-state index in [1.165, 1.54) is 16.7 Å². The van der Waals surface area contributed by atoms with Gasteiger partial charge in [0.2, 0.25) is 0 Å². The van der Waals surface area contributed by atoms with Crippen molar-refractivity contribution in [1.29, 1.82) is 0 Å². The molecule has 114 valence electrons. The molecule has 0 spiro atoms. The highest BCUT2D eigenvalue weighted by Gasteiger charge is 2.25. The molecule has 0 aliphatic rings. The van der Waals surface area contributed by atoms with Gasteiger partial charge in [0.05, 0.1) is 4.47 Å². The maximum Gasteiger partial charge on any atom is 0.296 e. The van der Waals surface area contributed by atoms with E-state index < -0.39 is 14.9 Å². The van der Waals surface area contributed by atoms with Crippen LogP contribution in [0.4, 0.5) is 4.39 Å². The third-order valence-corrected chi connectivity index (χ3v) is 4.63. The zero-order valence-electron chi connectivity index (χ0n) is 11.2. The summed E-state index contributed by atoms with van der Waals surface area (Å²) in [7, 11) is 1.35. The third-order valence-electron chi connectivity index (χ3n) is 2.68. The molecule has 0 atom stereocenters. The van der Waals surface area contributed by atoms with Crippen LogP contribution in [0.2, 0.25) is 0 Å². The van der Waals surface area contributed by atoms with Gasteiger partial charge in [-0.05, 0) is 34.0 Å². The van der Waals surface area contributed by atoms with E-state index >= 15 is 0 Å². The lowest BCUT2D eigenvalue weighted by atomic mass is 10.2. The van der Waals surface area contributed by atoms with E-state index in [1.54, 1.807) is 6.07 Å². The second-order valence-corrected chi connectivity index (χ2v) is 8.10. The Morgan fingerprint density at radius 2 is 2.05 bits per heavy atom. The molecule has 0 saturated heterocycles. The Morgan fingerprint density at radius 3 is 2.62 bits per heavy atom. The SMILES string of the molecule is CC(C)Cn1c(-c2cccc(F)c2Br)nnc1S(=O)(=O)Cl. The molecule has 2 rings (SSSR count). The van der Waals surface area contributed by atoms with Crippen LogP contribution in [-0.4, -0.2) is 23.2 Å². The van der Waals surface area contributed by atoms with E-state index in [-0.39, 0.29) is 21.4 Å². The zero-order chi connectivity index (χ0) is 15.8. The number of rotatable bonds is 4. The Labute approximate surface area is 134 Å². The highest BCUT2D eigenvalue weighted by atomic mass is 79.9. The van der Waals surface area contributed by atoms with E-state index in [9.17, 15) is 12.8 Å². The first kappa shape index (κ1) is 16.4. The van der Waals surface area contributed by atoms with Gasteiger partial charge in [-0.1, -0.05) is 19.9 Å². The van der Waals surface area contributed by atoms with E-state index in [0.717, 1.165) is 0 Å². The molecule has 1 aromatic heterocycles. The highest BCUT2D eigenvalue weighted by molar-refractivity contribution is 9.10. The molecule has 0 bridgehead atoms. The van der Waals surface area contributed by atoms with Crippen LogP contribution >= 0.6 is 26.6 Å². The van der Waals surface area contributed by atoms with Crippen LogP contribution in [-0.2, 0) is 15.6 Å². The molecule has 0 amide bonds. The van der Waals surface area contributed by atoms with Crippen molar-refractivity contribution < 1.29 is 12.8 Å². The van der Waals surface area contributed by atoms with Crippen molar-refractivity contribution in [3.05, 3.63) is 28.5 Å². The fourth-order valence-electron chi connectivity index (χ4n) is 1.87. The van der Waals surface area contributed by atoms with Gasteiger partial charge in [-0.3, -0.25) is 4.57 Å². The summed E-state index contributed by atoms with van der Waals surface area (Å²) in [5, 5.41) is 7.15. The number of hydrogen-bond acceptors (Lipinski definition) is 4. The molecule has 1 aromatic carbocycles. The van der Waals surface area contributed by atoms with E-state index in [4.69, 9.17) is 10.7 Å². The minimum atomic E-state index is -4.04. The van der Waals surface area contributed by atoms with Gasteiger partial charge in [-0.25, -0.2) is 12.8 Å². The van der Waals surface area contributed by atoms with Crippen molar-refractivity contribution in [2.24, 2.45) is 5.92 Å². The summed E-state index contributed by atoms with van der Waals surface area (Å²) in [6.07, 6.45) is 0. The van der Waals surface area contributed by atoms with Crippen molar-refractivity contribution in [3.8, 4) is 11.4 Å². The summed E-state index contributed by atoms with van der Waals surface area (Å²) in [4.78, 5) is 0. The lowest BCUT2D eigenvalue weighted by Crippen LogP contribution is -2.12. The van der Waals surface area contributed by atoms with Crippen molar-refractivity contribution in [2.75, 3.05) is 0 Å². The predicted molar refractivity (Wildman–Crippen MR) is 81.0 cm³/mol. The Kier molecular flexibility index (Phi) is 4.69. The quantitative estimate of drug-likeness (QED) is 0.743. The van der Waals surface area contributed by atoms with Crippen molar-refractivity contribution in [3.63, 3.8) is 0 Å². The van der Waals surface area contributed by atoms with Crippen LogP contribution in [0.15, 0.2) is 27.8 Å². The topological polar surface area (TPSA) is 64.8 Å². The minimum absolute atomic E-state index is 0.129. The first-order valence-corrected chi connectivity index (χ1v) is 9.14. The molecule has 0 aliphatic carbocycles. The summed E-state index contributed by atoms with van der Waals surface area (Å²) < 4.78 is 38.4. The fraction of sp³-hybridized carbons (Fsp3) is 0.333. The molecule has 0 fully saturated rings. The molecule has 0 unspecified atom stereocenters. The van der Waals surface area contributed by atoms with Crippen LogP contribution in [0, 0.1) is 11.7 Å². The Bertz CT molecular complexity index is 777. The third kappa shape index (κ3) is 3.44. The Balaban J connectivity index is 2.70. The van der Waals surface area contributed by atoms with E-state index in [0.29, 0.717) is 12.1 Å². The lowest BCUT2D eigenvalue weighted by molar-refractivity contribution is 0.488. The number of aromatic nitrogens is 3. The number of halogens is 3. The molecule has 9 heteroatoms. The molecule has 1 heterocycles. The monoisotopic (exact) mass is 395 g/mol. The molecular formula is C12H12BrClFN3O2S. The maximum absolute atomic E-state index is 13.7. The summed E-state index contributed by atoms with van der Waals surface area (Å²) in [5.74, 6) is -0.0968. The molecule has 0 radical (unpaired) electrons. The number of nitrogens with zero attached hydrogens (tertiary/aromatic N) is 3. The summed E-state index contributed by atoms with van der Waals surface area (Å²) in [6, 6.07) is 4.42. The molecule has 2 aromatic rings. The molecule has 0 N–H and O–H groups in total. The van der Waals surface area contributed by atoms with E-state index in [2.05, 4.69) is 26.1 Å². The van der Waals surface area contributed by atoms with Crippen LogP contribution in [0.5, 0.6) is 0 Å². The Morgan fingerprint density at radius 1 is 1.38 bits per heavy atom. The van der Waals surface area contributed by atoms with Gasteiger partial charge in [-0.2, -0.15) is 0 Å². The van der Waals surface area contributed by atoms with Gasteiger partial charge in [0.25, 0.3) is 14.2 Å². The highest BCUT2D eigenvalue weighted by Crippen LogP contribution is 2.31. The second-order valence-electron chi connectivity index (χ2n) is 4.85. The minimum Gasteiger partial charge on any atom is -0.297 e. The maximum atomic E-state index is 13.7. The summed E-state index contributed by atoms with van der Waals surface area (Å²) >= 11 is 3.14. The molecule has 21 heavy (non-hydrogen) atoms. The normalized spacial score (nSPS) is 12.1. The summed E-state index contributed by atoms with van der Waals surface area (Å²) in [6.45, 7) is 4.16. The zero-order valence-corrected chi connectivity index (χ0v) is 14.4. The predicted octanol–water partition coefficient (Wildman–Crippen LogP) is 3.43. The van der Waals surface area contributed by atoms with Crippen LogP contribution < -0.4 is 0 Å². The van der Waals surface area contributed by atoms with Gasteiger partial charge in [0.15, 0.2) is 5.82 Å². The van der Waals surface area contributed by atoms with Gasteiger partial charge in [-0.15, -0.1) is 10.2 Å². The lowest BCUT2D eigenvalue weighted by Gasteiger charge is -2.12. The van der Waals surface area contributed by atoms with Gasteiger partial charge in [0, 0.05) is 22.8 Å². The number of hydrogen-bond donors (Lipinski definition) is 0. The average molecular weight is 397 g/mol. The summed E-state index contributed by atoms with van der Waals surface area (Å²) in [5.41, 5.74) is 0.412. The molecule has 0 aliphatic heterocycles. The average Bonchev–Trinajstić information content (AvgIpc) is 2.75. The van der Waals surface area contributed by atoms with Crippen molar-refractivity contribution in [1.82, 2.24) is 14.8 Å². The fourth-order valence-corrected chi connectivity index (χ4v) is 3.22. The standard InChI is InChI=1S/C12H12BrClFN3O2S/c1-7(2)6-18-11(16-17-12(18)21(14,19)20)8-4-3-5-9(15)10(8)13/h3-5,7H,6H2,1-2H3. The first-order chi connectivity index (χ1) is 9.71. The van der Waals surface area contributed by atoms with Gasteiger partial charge in [0.1, 0.15) is 5.82 Å². The largest absolute Gasteiger partial charge is 0.297 e. The second kappa shape index (κ2) is 6.02. The van der Waals surface area contributed by atoms with Crippen molar-refractivity contribution in [2.45, 2.75) is 25.5 Å². The molecule has 5 nitrogen and oxygen atoms in total. The van der Waals surface area contributed by atoms with Gasteiger partial charge < -0.3 is 0 Å². The smallest absolute Gasteiger partial charge is 0.296 e. The number of benzene rings is 1. The van der Waals surface area contributed by atoms with Crippen LogP contribution in [0.1, 0.15) is 13.8 Å². The van der Waals surface area contributed by atoms with Gasteiger partial charge >= 0.3 is 0 Å². The van der Waals surface area contributed by atoms with Crippen LogP contribution in [0.3, 0.4) is 0 Å². The van der Waals surface area contributed by atoms with E-state index in [1.807, 2.05) is 13.8 Å². The molecular weight excluding hydrogens is 385 g/mol.